The summed E-state index contributed by atoms with van der Waals surface area (Å²) in [6.07, 6.45) is 24.1. The van der Waals surface area contributed by atoms with Crippen molar-refractivity contribution >= 4 is 44.4 Å². The lowest BCUT2D eigenvalue weighted by molar-refractivity contribution is -0.373. The van der Waals surface area contributed by atoms with Crippen LogP contribution in [0.25, 0.3) is 0 Å². The molecule has 0 aliphatic carbocycles. The van der Waals surface area contributed by atoms with Crippen LogP contribution in [0, 0.1) is 5.92 Å². The number of ketones is 1. The third kappa shape index (κ3) is 30.9. The average molecular weight is 1000 g/mol. The van der Waals surface area contributed by atoms with Gasteiger partial charge in [-0.2, -0.15) is 0 Å². The minimum Gasteiger partial charge on any atom is -0.756 e. The normalized spacial score (nSPS) is 13.5. The molecule has 1 amide bonds. The fourth-order valence-corrected chi connectivity index (χ4v) is 8.83. The zero-order valence-electron chi connectivity index (χ0n) is 42.7. The number of benzene rings is 1. The Bertz CT molecular complexity index is 1760. The van der Waals surface area contributed by atoms with Gasteiger partial charge >= 0.3 is 19.1 Å². The number of aromatic nitrogens is 2. The molecule has 7 N–H and O–H groups in total. The highest BCUT2D eigenvalue weighted by Gasteiger charge is 2.31. The molecule has 0 fully saturated rings. The Morgan fingerprint density at radius 2 is 1.31 bits per heavy atom. The summed E-state index contributed by atoms with van der Waals surface area (Å²) in [7, 11) is -6.33. The maximum absolute atomic E-state index is 13.6. The number of esters is 2. The first-order valence-corrected chi connectivity index (χ1v) is 27.7. The van der Waals surface area contributed by atoms with Crippen molar-refractivity contribution in [1.29, 1.82) is 0 Å². The molecule has 2 aromatic rings. The molecule has 4 atom stereocenters. The second-order valence-corrected chi connectivity index (χ2v) is 20.2. The monoisotopic (exact) mass is 1000 g/mol. The molecule has 1 aromatic heterocycles. The number of nitrogens with one attached hydrogen (secondary N) is 2. The first-order chi connectivity index (χ1) is 33.7. The van der Waals surface area contributed by atoms with E-state index in [-0.39, 0.29) is 68.7 Å². The van der Waals surface area contributed by atoms with Crippen molar-refractivity contribution in [3.8, 4) is 0 Å². The minimum absolute atomic E-state index is 0.0396. The molecule has 0 aliphatic heterocycles. The van der Waals surface area contributed by atoms with Crippen LogP contribution in [0.3, 0.4) is 0 Å². The van der Waals surface area contributed by atoms with Crippen LogP contribution < -0.4 is 21.3 Å². The lowest BCUT2D eigenvalue weighted by atomic mass is 9.66. The zero-order chi connectivity index (χ0) is 51.2. The van der Waals surface area contributed by atoms with Crippen LogP contribution in [0.4, 0.5) is 5.82 Å². The quantitative estimate of drug-likeness (QED) is 0.0183. The summed E-state index contributed by atoms with van der Waals surface area (Å²) in [6.45, 7) is 5.81. The number of hydrogen-bond donors (Lipinski definition) is 5. The highest BCUT2D eigenvalue weighted by molar-refractivity contribution is 7.45. The zero-order valence-corrected chi connectivity index (χ0v) is 43.6. The number of carbonyl (C=O) groups is 4. The maximum atomic E-state index is 13.6. The number of carbonyl (C=O) groups excluding carboxylic acids is 4. The number of phosphoric ester groups is 1. The highest BCUT2D eigenvalue weighted by Crippen LogP contribution is 2.38. The smallest absolute Gasteiger partial charge is 0.455 e. The van der Waals surface area contributed by atoms with Gasteiger partial charge in [0.2, 0.25) is 0 Å². The van der Waals surface area contributed by atoms with Gasteiger partial charge < -0.3 is 49.8 Å². The van der Waals surface area contributed by atoms with E-state index in [1.165, 1.54) is 76.6 Å². The SMILES string of the molecule is CCCCCCCCCCCCCCCCC(=O)OC[C@H](COP(=O)([O-])OCC[NH3+])OC(=O)CCCCCCCCNc1nccnc1C(=O)N[C@@H](Cc1ccccc1)C(=O)C[C@@H](CC(C)C)B(O)O. The molecule has 19 heteroatoms. The number of anilines is 1. The molecule has 0 saturated heterocycles. The molecule has 17 nitrogen and oxygen atoms in total. The Balaban J connectivity index is 1.74. The third-order valence-corrected chi connectivity index (χ3v) is 12.9. The molecular formula is C51H87BN5O12P. The van der Waals surface area contributed by atoms with Crippen LogP contribution in [0.2, 0.25) is 5.82 Å². The summed E-state index contributed by atoms with van der Waals surface area (Å²) >= 11 is 0. The molecule has 1 unspecified atom stereocenters. The molecule has 1 heterocycles. The molecule has 0 radical (unpaired) electrons. The van der Waals surface area contributed by atoms with Gasteiger partial charge in [0.25, 0.3) is 13.7 Å². The van der Waals surface area contributed by atoms with Crippen LogP contribution in [0.15, 0.2) is 42.7 Å². The van der Waals surface area contributed by atoms with Crippen LogP contribution in [-0.4, -0.2) is 95.8 Å². The summed E-state index contributed by atoms with van der Waals surface area (Å²) in [6, 6.07) is 8.35. The standard InChI is InChI=1S/C51H87BN5O12P/c1-4-5-6-7-8-9-10-11-12-13-14-15-18-24-29-47(59)66-39-44(40-68-70(64,65)67-35-31-53)69-48(60)30-25-19-16-17-20-26-32-55-50-49(54-33-34-56-50)51(61)57-45(37-42-27-22-21-23-28-42)46(58)38-43(52(62)63)36-41(2)3/h21-23,27-28,33-34,41,43-45,62-63H,4-20,24-26,29-32,35-40,53H2,1-3H3,(H,55,56)(H,57,61)(H,64,65)/t43-,44-,45+/m1/s1. The maximum Gasteiger partial charge on any atom is 0.455 e. The Morgan fingerprint density at radius 1 is 0.757 bits per heavy atom. The number of ether oxygens (including phenoxy) is 2. The van der Waals surface area contributed by atoms with Gasteiger partial charge in [0.05, 0.1) is 19.2 Å². The van der Waals surface area contributed by atoms with Gasteiger partial charge in [-0.15, -0.1) is 0 Å². The van der Waals surface area contributed by atoms with Crippen LogP contribution in [0.5, 0.6) is 0 Å². The van der Waals surface area contributed by atoms with E-state index in [0.29, 0.717) is 25.8 Å². The number of amides is 1. The van der Waals surface area contributed by atoms with Gasteiger partial charge in [0.1, 0.15) is 13.2 Å². The van der Waals surface area contributed by atoms with E-state index < -0.39 is 57.4 Å². The summed E-state index contributed by atoms with van der Waals surface area (Å²) in [5.41, 5.74) is 4.43. The van der Waals surface area contributed by atoms with E-state index in [0.717, 1.165) is 56.9 Å². The number of unbranched alkanes of at least 4 members (excludes halogenated alkanes) is 18. The number of nitrogens with zero attached hydrogens (tertiary/aromatic N) is 2. The van der Waals surface area contributed by atoms with Gasteiger partial charge in [-0.3, -0.25) is 23.7 Å². The molecule has 0 saturated carbocycles. The summed E-state index contributed by atoms with van der Waals surface area (Å²) in [5.74, 6) is -2.15. The van der Waals surface area contributed by atoms with E-state index >= 15 is 0 Å². The fourth-order valence-electron chi connectivity index (χ4n) is 8.05. The van der Waals surface area contributed by atoms with Gasteiger partial charge in [0, 0.05) is 44.0 Å². The molecule has 1 aromatic carbocycles. The van der Waals surface area contributed by atoms with E-state index in [1.54, 1.807) is 0 Å². The Morgan fingerprint density at radius 3 is 1.89 bits per heavy atom. The molecule has 0 bridgehead atoms. The number of Topliss-reactive ketones (excluding diaryl/α,β-unsaturated/α-hetero) is 1. The van der Waals surface area contributed by atoms with Crippen molar-refractivity contribution in [3.63, 3.8) is 0 Å². The van der Waals surface area contributed by atoms with Gasteiger partial charge in [-0.05, 0) is 43.6 Å². The predicted molar refractivity (Wildman–Crippen MR) is 270 cm³/mol. The Hall–Kier alpha value is -3.77. The second-order valence-electron chi connectivity index (χ2n) is 18.8. The van der Waals surface area contributed by atoms with Crippen molar-refractivity contribution in [1.82, 2.24) is 15.3 Å². The number of rotatable bonds is 44. The fraction of sp³-hybridized carbons (Fsp3) is 0.725. The lowest BCUT2D eigenvalue weighted by Crippen LogP contribution is -2.52. The largest absolute Gasteiger partial charge is 0.756 e. The van der Waals surface area contributed by atoms with Gasteiger partial charge in [-0.1, -0.05) is 160 Å². The van der Waals surface area contributed by atoms with Crippen molar-refractivity contribution in [2.75, 3.05) is 38.2 Å². The van der Waals surface area contributed by atoms with Gasteiger partial charge in [-0.25, -0.2) is 9.97 Å². The van der Waals surface area contributed by atoms with Crippen molar-refractivity contribution in [2.24, 2.45) is 5.92 Å². The lowest BCUT2D eigenvalue weighted by Gasteiger charge is -2.25. The van der Waals surface area contributed by atoms with Crippen LogP contribution in [-0.2, 0) is 43.9 Å². The minimum atomic E-state index is -4.67. The van der Waals surface area contributed by atoms with Crippen molar-refractivity contribution in [2.45, 2.75) is 199 Å². The first kappa shape index (κ1) is 62.4. The molecule has 0 spiro atoms. The molecular weight excluding hydrogens is 916 g/mol. The van der Waals surface area contributed by atoms with E-state index in [4.69, 9.17) is 18.5 Å². The Labute approximate surface area is 418 Å². The van der Waals surface area contributed by atoms with E-state index in [2.05, 4.69) is 33.3 Å². The predicted octanol–water partition coefficient (Wildman–Crippen LogP) is 7.88. The number of quaternary nitrogens is 1. The van der Waals surface area contributed by atoms with Crippen molar-refractivity contribution in [3.05, 3.63) is 54.0 Å². The summed E-state index contributed by atoms with van der Waals surface area (Å²) in [5, 5.41) is 26.0. The third-order valence-electron chi connectivity index (χ3n) is 11.9. The number of phosphoric acid groups is 1. The van der Waals surface area contributed by atoms with Gasteiger partial charge in [0.15, 0.2) is 23.4 Å². The molecule has 396 valence electrons. The van der Waals surface area contributed by atoms with Crippen LogP contribution >= 0.6 is 7.82 Å². The first-order valence-electron chi connectivity index (χ1n) is 26.3. The topological polar surface area (TPSA) is 263 Å². The summed E-state index contributed by atoms with van der Waals surface area (Å²) < 4.78 is 32.7. The van der Waals surface area contributed by atoms with Crippen molar-refractivity contribution < 1.29 is 62.9 Å². The molecule has 70 heavy (non-hydrogen) atoms. The average Bonchev–Trinajstić information content (AvgIpc) is 3.33. The van der Waals surface area contributed by atoms with E-state index in [9.17, 15) is 38.7 Å². The van der Waals surface area contributed by atoms with Crippen LogP contribution in [0.1, 0.15) is 191 Å². The molecule has 2 rings (SSSR count). The highest BCUT2D eigenvalue weighted by atomic mass is 31.2. The Kier molecular flexibility index (Phi) is 34.6. The van der Waals surface area contributed by atoms with E-state index in [1.807, 2.05) is 44.2 Å². The second kappa shape index (κ2) is 38.9. The summed E-state index contributed by atoms with van der Waals surface area (Å²) in [4.78, 5) is 73.2. The number of hydrogen-bond acceptors (Lipinski definition) is 15. The molecule has 0 aliphatic rings.